The summed E-state index contributed by atoms with van der Waals surface area (Å²) in [5, 5.41) is 2.99. The van der Waals surface area contributed by atoms with Crippen molar-refractivity contribution in [3.05, 3.63) is 0 Å². The van der Waals surface area contributed by atoms with Crippen molar-refractivity contribution in [2.24, 2.45) is 0 Å². The van der Waals surface area contributed by atoms with Gasteiger partial charge in [-0.15, -0.1) is 0 Å². The van der Waals surface area contributed by atoms with E-state index in [9.17, 15) is 13.2 Å². The summed E-state index contributed by atoms with van der Waals surface area (Å²) in [6.07, 6.45) is 1.27. The van der Waals surface area contributed by atoms with Crippen molar-refractivity contribution in [2.75, 3.05) is 32.4 Å². The SMILES string of the molecule is CNCCCC(=O)N1CCS(=O)(=O)C(C)(C)C1. The number of sulfone groups is 1. The predicted molar refractivity (Wildman–Crippen MR) is 67.6 cm³/mol. The molecule has 0 spiro atoms. The quantitative estimate of drug-likeness (QED) is 0.726. The van der Waals surface area contributed by atoms with Gasteiger partial charge >= 0.3 is 0 Å². The Bertz CT molecular complexity index is 376. The number of hydrogen-bond acceptors (Lipinski definition) is 4. The number of rotatable bonds is 4. The second kappa shape index (κ2) is 5.35. The lowest BCUT2D eigenvalue weighted by atomic mass is 10.1. The van der Waals surface area contributed by atoms with Crippen LogP contribution in [-0.2, 0) is 14.6 Å². The Morgan fingerprint density at radius 1 is 1.41 bits per heavy atom. The Kier molecular flexibility index (Phi) is 4.55. The van der Waals surface area contributed by atoms with Gasteiger partial charge in [-0.05, 0) is 33.9 Å². The Hall–Kier alpha value is -0.620. The normalized spacial score (nSPS) is 22.4. The van der Waals surface area contributed by atoms with Crippen molar-refractivity contribution in [1.82, 2.24) is 10.2 Å². The maximum absolute atomic E-state index is 11.9. The van der Waals surface area contributed by atoms with Crippen molar-refractivity contribution in [3.8, 4) is 0 Å². The fourth-order valence-corrected chi connectivity index (χ4v) is 3.30. The molecule has 0 unspecified atom stereocenters. The highest BCUT2D eigenvalue weighted by Gasteiger charge is 2.41. The van der Waals surface area contributed by atoms with Crippen LogP contribution >= 0.6 is 0 Å². The van der Waals surface area contributed by atoms with Gasteiger partial charge in [0, 0.05) is 19.5 Å². The third-order valence-electron chi connectivity index (χ3n) is 3.21. The monoisotopic (exact) mass is 262 g/mol. The summed E-state index contributed by atoms with van der Waals surface area (Å²) in [4.78, 5) is 13.6. The number of nitrogens with zero attached hydrogens (tertiary/aromatic N) is 1. The molecule has 1 amide bonds. The van der Waals surface area contributed by atoms with Crippen LogP contribution in [0, 0.1) is 0 Å². The van der Waals surface area contributed by atoms with Gasteiger partial charge in [-0.2, -0.15) is 0 Å². The zero-order chi connectivity index (χ0) is 13.1. The first-order chi connectivity index (χ1) is 7.80. The summed E-state index contributed by atoms with van der Waals surface area (Å²) in [5.74, 6) is 0.140. The highest BCUT2D eigenvalue weighted by molar-refractivity contribution is 7.92. The molecule has 0 bridgehead atoms. The third kappa shape index (κ3) is 3.42. The largest absolute Gasteiger partial charge is 0.340 e. The fraction of sp³-hybridized carbons (Fsp3) is 0.909. The van der Waals surface area contributed by atoms with Crippen molar-refractivity contribution in [3.63, 3.8) is 0 Å². The van der Waals surface area contributed by atoms with E-state index in [1.54, 1.807) is 18.7 Å². The van der Waals surface area contributed by atoms with E-state index in [1.807, 2.05) is 7.05 Å². The highest BCUT2D eigenvalue weighted by Crippen LogP contribution is 2.24. The van der Waals surface area contributed by atoms with Crippen LogP contribution in [0.2, 0.25) is 0 Å². The fourth-order valence-electron chi connectivity index (χ4n) is 1.93. The molecule has 17 heavy (non-hydrogen) atoms. The number of carbonyl (C=O) groups excluding carboxylic acids is 1. The third-order valence-corrected chi connectivity index (χ3v) is 5.75. The van der Waals surface area contributed by atoms with Gasteiger partial charge in [0.2, 0.25) is 5.91 Å². The zero-order valence-corrected chi connectivity index (χ0v) is 11.6. The van der Waals surface area contributed by atoms with E-state index in [0.717, 1.165) is 13.0 Å². The molecule has 0 aliphatic carbocycles. The molecule has 6 heteroatoms. The topological polar surface area (TPSA) is 66.5 Å². The standard InChI is InChI=1S/C11H22N2O3S/c1-11(2)9-13(7-8-17(11,15)16)10(14)5-4-6-12-3/h12H,4-9H2,1-3H3. The van der Waals surface area contributed by atoms with Gasteiger partial charge in [0.25, 0.3) is 0 Å². The summed E-state index contributed by atoms with van der Waals surface area (Å²) < 4.78 is 22.8. The van der Waals surface area contributed by atoms with Crippen LogP contribution in [0.15, 0.2) is 0 Å². The first-order valence-electron chi connectivity index (χ1n) is 5.95. The molecule has 1 rings (SSSR count). The second-order valence-corrected chi connectivity index (χ2v) is 7.84. The molecule has 1 aliphatic heterocycles. The van der Waals surface area contributed by atoms with Crippen LogP contribution in [0.3, 0.4) is 0 Å². The van der Waals surface area contributed by atoms with E-state index >= 15 is 0 Å². The van der Waals surface area contributed by atoms with Crippen LogP contribution in [0.25, 0.3) is 0 Å². The molecule has 100 valence electrons. The van der Waals surface area contributed by atoms with Crippen LogP contribution in [0.5, 0.6) is 0 Å². The lowest BCUT2D eigenvalue weighted by molar-refractivity contribution is -0.131. The van der Waals surface area contributed by atoms with Crippen LogP contribution in [0.4, 0.5) is 0 Å². The first-order valence-corrected chi connectivity index (χ1v) is 7.60. The second-order valence-electron chi connectivity index (χ2n) is 5.10. The van der Waals surface area contributed by atoms with Gasteiger partial charge in [0.1, 0.15) is 0 Å². The van der Waals surface area contributed by atoms with E-state index in [2.05, 4.69) is 5.32 Å². The molecule has 1 fully saturated rings. The zero-order valence-electron chi connectivity index (χ0n) is 10.8. The molecule has 1 saturated heterocycles. The molecule has 1 heterocycles. The van der Waals surface area contributed by atoms with E-state index in [4.69, 9.17) is 0 Å². The lowest BCUT2D eigenvalue weighted by Crippen LogP contribution is -2.54. The molecular weight excluding hydrogens is 240 g/mol. The number of nitrogens with one attached hydrogen (secondary N) is 1. The van der Waals surface area contributed by atoms with E-state index in [-0.39, 0.29) is 11.7 Å². The summed E-state index contributed by atoms with van der Waals surface area (Å²) in [7, 11) is -1.21. The van der Waals surface area contributed by atoms with Crippen molar-refractivity contribution in [2.45, 2.75) is 31.4 Å². The van der Waals surface area contributed by atoms with E-state index < -0.39 is 14.6 Å². The van der Waals surface area contributed by atoms with Crippen LogP contribution in [0.1, 0.15) is 26.7 Å². The summed E-state index contributed by atoms with van der Waals surface area (Å²) >= 11 is 0. The number of hydrogen-bond donors (Lipinski definition) is 1. The number of amides is 1. The average Bonchev–Trinajstić information content (AvgIpc) is 2.22. The van der Waals surface area contributed by atoms with E-state index in [1.165, 1.54) is 0 Å². The lowest BCUT2D eigenvalue weighted by Gasteiger charge is -2.37. The van der Waals surface area contributed by atoms with Crippen LogP contribution in [-0.4, -0.2) is 56.4 Å². The molecular formula is C11H22N2O3S. The maximum atomic E-state index is 11.9. The molecule has 5 nitrogen and oxygen atoms in total. The van der Waals surface area contributed by atoms with Gasteiger partial charge in [-0.1, -0.05) is 0 Å². The molecule has 0 aromatic carbocycles. The molecule has 0 saturated carbocycles. The van der Waals surface area contributed by atoms with E-state index in [0.29, 0.717) is 19.5 Å². The first kappa shape index (κ1) is 14.4. The molecule has 1 aliphatic rings. The molecule has 0 aromatic heterocycles. The van der Waals surface area contributed by atoms with Gasteiger partial charge in [-0.25, -0.2) is 8.42 Å². The van der Waals surface area contributed by atoms with Crippen molar-refractivity contribution >= 4 is 15.7 Å². The molecule has 0 radical (unpaired) electrons. The Labute approximate surface area is 103 Å². The minimum absolute atomic E-state index is 0.0585. The highest BCUT2D eigenvalue weighted by atomic mass is 32.2. The van der Waals surface area contributed by atoms with Crippen LogP contribution < -0.4 is 5.32 Å². The van der Waals surface area contributed by atoms with Gasteiger partial charge in [-0.3, -0.25) is 4.79 Å². The minimum Gasteiger partial charge on any atom is -0.340 e. The Morgan fingerprint density at radius 3 is 2.59 bits per heavy atom. The maximum Gasteiger partial charge on any atom is 0.222 e. The smallest absolute Gasteiger partial charge is 0.222 e. The molecule has 1 N–H and O–H groups in total. The van der Waals surface area contributed by atoms with Crippen molar-refractivity contribution in [1.29, 1.82) is 0 Å². The summed E-state index contributed by atoms with van der Waals surface area (Å²) in [6.45, 7) is 4.84. The van der Waals surface area contributed by atoms with Crippen molar-refractivity contribution < 1.29 is 13.2 Å². The average molecular weight is 262 g/mol. The minimum atomic E-state index is -3.06. The Morgan fingerprint density at radius 2 is 2.06 bits per heavy atom. The Balaban J connectivity index is 2.56. The molecule has 0 aromatic rings. The molecule has 0 atom stereocenters. The summed E-state index contributed by atoms with van der Waals surface area (Å²) in [6, 6.07) is 0. The van der Waals surface area contributed by atoms with Gasteiger partial charge < -0.3 is 10.2 Å². The van der Waals surface area contributed by atoms with Gasteiger partial charge in [0.15, 0.2) is 9.84 Å². The van der Waals surface area contributed by atoms with Gasteiger partial charge in [0.05, 0.1) is 10.5 Å². The summed E-state index contributed by atoms with van der Waals surface area (Å²) in [5.41, 5.74) is 0. The number of carbonyl (C=O) groups is 1. The predicted octanol–water partition coefficient (Wildman–Crippen LogP) is 0.0216.